The van der Waals surface area contributed by atoms with E-state index < -0.39 is 29.7 Å². The van der Waals surface area contributed by atoms with Crippen LogP contribution in [0.15, 0.2) is 59.9 Å². The average molecular weight is 419 g/mol. The fourth-order valence-electron chi connectivity index (χ4n) is 2.88. The van der Waals surface area contributed by atoms with Gasteiger partial charge < -0.3 is 10.2 Å². The summed E-state index contributed by atoms with van der Waals surface area (Å²) in [6.45, 7) is 0. The highest BCUT2D eigenvalue weighted by Gasteiger charge is 2.36. The van der Waals surface area contributed by atoms with Crippen molar-refractivity contribution in [1.29, 1.82) is 0 Å². The number of nitrogens with zero attached hydrogens (tertiary/aromatic N) is 4. The van der Waals surface area contributed by atoms with Gasteiger partial charge in [-0.3, -0.25) is 4.79 Å². The van der Waals surface area contributed by atoms with Crippen LogP contribution in [0, 0.1) is 5.82 Å². The van der Waals surface area contributed by atoms with E-state index in [-0.39, 0.29) is 12.1 Å². The Bertz CT molecular complexity index is 1110. The van der Waals surface area contributed by atoms with Crippen molar-refractivity contribution >= 4 is 17.3 Å². The first kappa shape index (κ1) is 19.6. The summed E-state index contributed by atoms with van der Waals surface area (Å²) in [7, 11) is 0. The molecule has 0 saturated carbocycles. The number of benzene rings is 2. The molecule has 0 spiro atoms. The summed E-state index contributed by atoms with van der Waals surface area (Å²) in [5, 5.41) is 13.2. The number of aromatic nitrogens is 3. The van der Waals surface area contributed by atoms with Gasteiger partial charge in [-0.05, 0) is 36.4 Å². The van der Waals surface area contributed by atoms with Crippen LogP contribution in [0.25, 0.3) is 5.69 Å². The summed E-state index contributed by atoms with van der Waals surface area (Å²) < 4.78 is 52.9. The van der Waals surface area contributed by atoms with Gasteiger partial charge in [0.15, 0.2) is 5.69 Å². The molecule has 0 bridgehead atoms. The molecular weight excluding hydrogens is 406 g/mol. The smallest absolute Gasteiger partial charge is 0.382 e. The molecule has 0 unspecified atom stereocenters. The van der Waals surface area contributed by atoms with Crippen LogP contribution in [-0.2, 0) is 15.8 Å². The lowest BCUT2D eigenvalue weighted by Gasteiger charge is -2.11. The highest BCUT2D eigenvalue weighted by atomic mass is 19.4. The molecule has 1 aromatic heterocycles. The fourth-order valence-corrected chi connectivity index (χ4v) is 2.88. The van der Waals surface area contributed by atoms with E-state index in [1.165, 1.54) is 42.5 Å². The molecule has 30 heavy (non-hydrogen) atoms. The standard InChI is InChI=1S/C19H13F4N5O2/c20-12-3-1-2-11(8-12)15-9-16(30-26-15)18(29)25-13-4-6-14(7-5-13)28-17(10-24-27-28)19(21,22)23/h1-8,10,16H,9H2,(H,25,29)/t16-/m0/s1. The third-order valence-corrected chi connectivity index (χ3v) is 4.34. The minimum atomic E-state index is -4.60. The van der Waals surface area contributed by atoms with E-state index in [1.807, 2.05) is 0 Å². The van der Waals surface area contributed by atoms with Crippen molar-refractivity contribution in [3.63, 3.8) is 0 Å². The Labute approximate surface area is 166 Å². The summed E-state index contributed by atoms with van der Waals surface area (Å²) in [4.78, 5) is 17.5. The van der Waals surface area contributed by atoms with E-state index in [0.717, 1.165) is 0 Å². The van der Waals surface area contributed by atoms with E-state index in [1.54, 1.807) is 6.07 Å². The van der Waals surface area contributed by atoms with Crippen molar-refractivity contribution in [3.05, 3.63) is 71.8 Å². The molecule has 1 N–H and O–H groups in total. The van der Waals surface area contributed by atoms with Crippen molar-refractivity contribution in [1.82, 2.24) is 15.0 Å². The summed E-state index contributed by atoms with van der Waals surface area (Å²) in [5.74, 6) is -0.918. The van der Waals surface area contributed by atoms with Crippen molar-refractivity contribution in [2.24, 2.45) is 5.16 Å². The molecule has 1 atom stereocenters. The highest BCUT2D eigenvalue weighted by molar-refractivity contribution is 6.06. The Morgan fingerprint density at radius 2 is 1.93 bits per heavy atom. The Hall–Kier alpha value is -3.76. The topological polar surface area (TPSA) is 81.4 Å². The second kappa shape index (κ2) is 7.58. The number of halogens is 4. The normalized spacial score (nSPS) is 16.1. The molecule has 1 aliphatic rings. The van der Waals surface area contributed by atoms with E-state index in [9.17, 15) is 22.4 Å². The minimum Gasteiger partial charge on any atom is -0.382 e. The summed E-state index contributed by atoms with van der Waals surface area (Å²) in [6.07, 6.45) is -4.73. The molecule has 2 heterocycles. The zero-order valence-electron chi connectivity index (χ0n) is 15.1. The van der Waals surface area contributed by atoms with E-state index in [0.29, 0.717) is 27.8 Å². The molecule has 0 radical (unpaired) electrons. The zero-order chi connectivity index (χ0) is 21.3. The van der Waals surface area contributed by atoms with Crippen molar-refractivity contribution in [2.45, 2.75) is 18.7 Å². The van der Waals surface area contributed by atoms with Gasteiger partial charge in [-0.25, -0.2) is 9.07 Å². The second-order valence-corrected chi connectivity index (χ2v) is 6.41. The summed E-state index contributed by atoms with van der Waals surface area (Å²) >= 11 is 0. The van der Waals surface area contributed by atoms with Gasteiger partial charge in [-0.2, -0.15) is 13.2 Å². The lowest BCUT2D eigenvalue weighted by molar-refractivity contribution is -0.142. The van der Waals surface area contributed by atoms with Crippen molar-refractivity contribution in [2.75, 3.05) is 5.32 Å². The summed E-state index contributed by atoms with van der Waals surface area (Å²) in [5.41, 5.74) is 0.423. The molecule has 0 saturated heterocycles. The maximum atomic E-state index is 13.3. The Balaban J connectivity index is 1.41. The Morgan fingerprint density at radius 1 is 1.17 bits per heavy atom. The Morgan fingerprint density at radius 3 is 2.63 bits per heavy atom. The van der Waals surface area contributed by atoms with Gasteiger partial charge in [-0.1, -0.05) is 22.5 Å². The van der Waals surface area contributed by atoms with Gasteiger partial charge in [0.1, 0.15) is 5.82 Å². The lowest BCUT2D eigenvalue weighted by Crippen LogP contribution is -2.28. The lowest BCUT2D eigenvalue weighted by atomic mass is 10.0. The van der Waals surface area contributed by atoms with Gasteiger partial charge >= 0.3 is 6.18 Å². The second-order valence-electron chi connectivity index (χ2n) is 6.41. The number of carbonyl (C=O) groups is 1. The van der Waals surface area contributed by atoms with Crippen LogP contribution >= 0.6 is 0 Å². The largest absolute Gasteiger partial charge is 0.435 e. The van der Waals surface area contributed by atoms with Gasteiger partial charge in [-0.15, -0.1) is 5.10 Å². The van der Waals surface area contributed by atoms with Crippen LogP contribution in [0.4, 0.5) is 23.2 Å². The van der Waals surface area contributed by atoms with E-state index in [2.05, 4.69) is 20.8 Å². The molecule has 2 aromatic carbocycles. The minimum absolute atomic E-state index is 0.131. The van der Waals surface area contributed by atoms with Crippen LogP contribution in [0.3, 0.4) is 0 Å². The fraction of sp³-hybridized carbons (Fsp3) is 0.158. The maximum Gasteiger partial charge on any atom is 0.435 e. The molecule has 4 rings (SSSR count). The van der Waals surface area contributed by atoms with Gasteiger partial charge in [0.2, 0.25) is 6.10 Å². The third kappa shape index (κ3) is 4.00. The van der Waals surface area contributed by atoms with Gasteiger partial charge in [0.05, 0.1) is 17.6 Å². The van der Waals surface area contributed by atoms with E-state index in [4.69, 9.17) is 4.84 Å². The highest BCUT2D eigenvalue weighted by Crippen LogP contribution is 2.30. The predicted octanol–water partition coefficient (Wildman–Crippen LogP) is 3.56. The molecule has 1 amide bonds. The zero-order valence-corrected chi connectivity index (χ0v) is 15.1. The number of hydrogen-bond acceptors (Lipinski definition) is 5. The maximum absolute atomic E-state index is 13.3. The Kier molecular flexibility index (Phi) is 4.94. The first-order valence-electron chi connectivity index (χ1n) is 8.69. The number of nitrogens with one attached hydrogen (secondary N) is 1. The third-order valence-electron chi connectivity index (χ3n) is 4.34. The number of anilines is 1. The number of oxime groups is 1. The van der Waals surface area contributed by atoms with Crippen LogP contribution in [0.2, 0.25) is 0 Å². The van der Waals surface area contributed by atoms with Gasteiger partial charge in [0.25, 0.3) is 5.91 Å². The predicted molar refractivity (Wildman–Crippen MR) is 97.4 cm³/mol. The van der Waals surface area contributed by atoms with Crippen LogP contribution in [-0.4, -0.2) is 32.7 Å². The number of alkyl halides is 3. The molecule has 11 heteroatoms. The number of rotatable bonds is 4. The van der Waals surface area contributed by atoms with Crippen molar-refractivity contribution in [3.8, 4) is 5.69 Å². The quantitative estimate of drug-likeness (QED) is 0.656. The van der Waals surface area contributed by atoms with Crippen molar-refractivity contribution < 1.29 is 27.2 Å². The monoisotopic (exact) mass is 419 g/mol. The molecule has 154 valence electrons. The van der Waals surface area contributed by atoms with Crippen LogP contribution in [0.1, 0.15) is 17.7 Å². The van der Waals surface area contributed by atoms with Crippen LogP contribution < -0.4 is 5.32 Å². The number of amides is 1. The molecule has 1 aliphatic heterocycles. The molecule has 0 fully saturated rings. The molecular formula is C19H13F4N5O2. The molecule has 7 nitrogen and oxygen atoms in total. The molecule has 0 aliphatic carbocycles. The van der Waals surface area contributed by atoms with Crippen LogP contribution in [0.5, 0.6) is 0 Å². The summed E-state index contributed by atoms with van der Waals surface area (Å²) in [6, 6.07) is 11.4. The van der Waals surface area contributed by atoms with E-state index >= 15 is 0 Å². The van der Waals surface area contributed by atoms with Gasteiger partial charge in [0, 0.05) is 17.7 Å². The SMILES string of the molecule is O=C(Nc1ccc(-n2nncc2C(F)(F)F)cc1)[C@@H]1CC(c2cccc(F)c2)=NO1. The number of carbonyl (C=O) groups excluding carboxylic acids is 1. The number of hydrogen-bond donors (Lipinski definition) is 1. The first-order chi connectivity index (χ1) is 14.3. The average Bonchev–Trinajstić information content (AvgIpc) is 3.38. The first-order valence-corrected chi connectivity index (χ1v) is 8.69. The molecule has 3 aromatic rings.